The van der Waals surface area contributed by atoms with Gasteiger partial charge < -0.3 is 11.1 Å². The Bertz CT molecular complexity index is 529. The molecule has 3 rings (SSSR count). The molecule has 0 aromatic heterocycles. The summed E-state index contributed by atoms with van der Waals surface area (Å²) in [5.41, 5.74) is 8.45. The summed E-state index contributed by atoms with van der Waals surface area (Å²) in [6.07, 6.45) is 6.50. The van der Waals surface area contributed by atoms with Crippen LogP contribution in [-0.4, -0.2) is 29.9 Å². The van der Waals surface area contributed by atoms with E-state index in [1.54, 1.807) is 0 Å². The summed E-state index contributed by atoms with van der Waals surface area (Å²) in [6, 6.07) is 6.33. The molecule has 0 spiro atoms. The first-order chi connectivity index (χ1) is 10.1. The Balaban J connectivity index is 1.59. The Hall–Kier alpha value is -1.55. The summed E-state index contributed by atoms with van der Waals surface area (Å²) in [6.45, 7) is 3.54. The minimum absolute atomic E-state index is 0.0748. The van der Waals surface area contributed by atoms with Gasteiger partial charge in [0.25, 0.3) is 0 Å². The number of nitrogens with two attached hydrogens (primary N) is 1. The van der Waals surface area contributed by atoms with E-state index in [4.69, 9.17) is 5.73 Å². The van der Waals surface area contributed by atoms with Crippen LogP contribution in [0.15, 0.2) is 18.2 Å². The SMILES string of the molecule is Cc1ccc(NC(=O)CN2CCCC3CCCC32)cc1N. The molecule has 1 saturated carbocycles. The van der Waals surface area contributed by atoms with E-state index in [1.165, 1.54) is 32.1 Å². The van der Waals surface area contributed by atoms with Gasteiger partial charge in [-0.25, -0.2) is 0 Å². The Morgan fingerprint density at radius 3 is 2.95 bits per heavy atom. The van der Waals surface area contributed by atoms with E-state index >= 15 is 0 Å². The number of amides is 1. The van der Waals surface area contributed by atoms with Crippen molar-refractivity contribution in [3.8, 4) is 0 Å². The van der Waals surface area contributed by atoms with Crippen LogP contribution in [0.4, 0.5) is 11.4 Å². The normalized spacial score (nSPS) is 25.6. The van der Waals surface area contributed by atoms with Gasteiger partial charge >= 0.3 is 0 Å². The van der Waals surface area contributed by atoms with E-state index in [0.717, 1.165) is 29.4 Å². The highest BCUT2D eigenvalue weighted by molar-refractivity contribution is 5.92. The molecule has 1 aliphatic heterocycles. The topological polar surface area (TPSA) is 58.4 Å². The van der Waals surface area contributed by atoms with Gasteiger partial charge in [0.2, 0.25) is 5.91 Å². The molecule has 2 aliphatic rings. The van der Waals surface area contributed by atoms with Gasteiger partial charge in [-0.3, -0.25) is 9.69 Å². The highest BCUT2D eigenvalue weighted by atomic mass is 16.2. The number of carbonyl (C=O) groups is 1. The van der Waals surface area contributed by atoms with Crippen molar-refractivity contribution in [3.63, 3.8) is 0 Å². The second-order valence-corrected chi connectivity index (χ2v) is 6.49. The van der Waals surface area contributed by atoms with Crippen LogP contribution in [0.25, 0.3) is 0 Å². The van der Waals surface area contributed by atoms with Gasteiger partial charge in [0.15, 0.2) is 0 Å². The van der Waals surface area contributed by atoms with Crippen molar-refractivity contribution in [1.29, 1.82) is 0 Å². The molecule has 1 aliphatic carbocycles. The van der Waals surface area contributed by atoms with Crippen molar-refractivity contribution in [1.82, 2.24) is 4.90 Å². The molecule has 2 unspecified atom stereocenters. The third-order valence-corrected chi connectivity index (χ3v) is 5.02. The first-order valence-electron chi connectivity index (χ1n) is 8.03. The lowest BCUT2D eigenvalue weighted by Gasteiger charge is -2.37. The first-order valence-corrected chi connectivity index (χ1v) is 8.03. The maximum absolute atomic E-state index is 12.3. The third-order valence-electron chi connectivity index (χ3n) is 5.02. The van der Waals surface area contributed by atoms with Crippen molar-refractivity contribution in [3.05, 3.63) is 23.8 Å². The molecule has 1 aromatic rings. The number of nitrogens with zero attached hydrogens (tertiary/aromatic N) is 1. The Morgan fingerprint density at radius 2 is 2.14 bits per heavy atom. The molecule has 1 amide bonds. The van der Waals surface area contributed by atoms with Crippen LogP contribution in [0.1, 0.15) is 37.7 Å². The zero-order valence-corrected chi connectivity index (χ0v) is 12.8. The molecule has 21 heavy (non-hydrogen) atoms. The number of fused-ring (bicyclic) bond motifs is 1. The van der Waals surface area contributed by atoms with Crippen LogP contribution in [0.5, 0.6) is 0 Å². The fourth-order valence-corrected chi connectivity index (χ4v) is 3.86. The van der Waals surface area contributed by atoms with Crippen LogP contribution < -0.4 is 11.1 Å². The molecule has 4 nitrogen and oxygen atoms in total. The monoisotopic (exact) mass is 287 g/mol. The highest BCUT2D eigenvalue weighted by Gasteiger charge is 2.35. The summed E-state index contributed by atoms with van der Waals surface area (Å²) in [4.78, 5) is 14.7. The molecular weight excluding hydrogens is 262 g/mol. The van der Waals surface area contributed by atoms with Gasteiger partial charge in [-0.05, 0) is 62.8 Å². The zero-order valence-electron chi connectivity index (χ0n) is 12.8. The fraction of sp³-hybridized carbons (Fsp3) is 0.588. The van der Waals surface area contributed by atoms with Gasteiger partial charge in [-0.15, -0.1) is 0 Å². The predicted octanol–water partition coefficient (Wildman–Crippen LogP) is 2.78. The summed E-state index contributed by atoms with van der Waals surface area (Å²) in [5, 5.41) is 2.98. The number of hydrogen-bond donors (Lipinski definition) is 2. The molecule has 1 saturated heterocycles. The second-order valence-electron chi connectivity index (χ2n) is 6.49. The maximum atomic E-state index is 12.3. The number of aryl methyl sites for hydroxylation is 1. The molecule has 0 bridgehead atoms. The lowest BCUT2D eigenvalue weighted by Crippen LogP contribution is -2.46. The third kappa shape index (κ3) is 3.21. The second kappa shape index (κ2) is 6.06. The van der Waals surface area contributed by atoms with Crippen LogP contribution in [0, 0.1) is 12.8 Å². The zero-order chi connectivity index (χ0) is 14.8. The van der Waals surface area contributed by atoms with E-state index in [9.17, 15) is 4.79 Å². The van der Waals surface area contributed by atoms with Crippen LogP contribution >= 0.6 is 0 Å². The molecule has 0 radical (unpaired) electrons. The van der Waals surface area contributed by atoms with Crippen LogP contribution in [0.3, 0.4) is 0 Å². The molecular formula is C17H25N3O. The molecule has 1 heterocycles. The largest absolute Gasteiger partial charge is 0.398 e. The maximum Gasteiger partial charge on any atom is 0.238 e. The molecule has 114 valence electrons. The molecule has 1 aromatic carbocycles. The minimum Gasteiger partial charge on any atom is -0.398 e. The number of likely N-dealkylation sites (tertiary alicyclic amines) is 1. The minimum atomic E-state index is 0.0748. The summed E-state index contributed by atoms with van der Waals surface area (Å²) < 4.78 is 0. The van der Waals surface area contributed by atoms with Crippen LogP contribution in [0.2, 0.25) is 0 Å². The number of piperidine rings is 1. The Labute approximate surface area is 126 Å². The van der Waals surface area contributed by atoms with Gasteiger partial charge in [-0.1, -0.05) is 12.5 Å². The lowest BCUT2D eigenvalue weighted by molar-refractivity contribution is -0.118. The van der Waals surface area contributed by atoms with Crippen molar-refractivity contribution >= 4 is 17.3 Å². The van der Waals surface area contributed by atoms with E-state index < -0.39 is 0 Å². The molecule has 2 fully saturated rings. The summed E-state index contributed by atoms with van der Waals surface area (Å²) in [5.74, 6) is 0.896. The number of hydrogen-bond acceptors (Lipinski definition) is 3. The highest BCUT2D eigenvalue weighted by Crippen LogP contribution is 2.36. The van der Waals surface area contributed by atoms with E-state index in [-0.39, 0.29) is 5.91 Å². The number of nitrogen functional groups attached to an aromatic ring is 1. The Morgan fingerprint density at radius 1 is 1.33 bits per heavy atom. The van der Waals surface area contributed by atoms with Gasteiger partial charge in [0.1, 0.15) is 0 Å². The average molecular weight is 287 g/mol. The Kier molecular flexibility index (Phi) is 4.15. The predicted molar refractivity (Wildman–Crippen MR) is 86.2 cm³/mol. The van der Waals surface area contributed by atoms with Crippen LogP contribution in [-0.2, 0) is 4.79 Å². The smallest absolute Gasteiger partial charge is 0.238 e. The number of rotatable bonds is 3. The standard InChI is InChI=1S/C17H25N3O/c1-12-7-8-14(10-15(12)18)19-17(21)11-20-9-3-5-13-4-2-6-16(13)20/h7-8,10,13,16H,2-6,9,11,18H2,1H3,(H,19,21). The molecule has 2 atom stereocenters. The van der Waals surface area contributed by atoms with E-state index in [0.29, 0.717) is 12.6 Å². The van der Waals surface area contributed by atoms with Crippen molar-refractivity contribution in [2.45, 2.75) is 45.1 Å². The van der Waals surface area contributed by atoms with Gasteiger partial charge in [0.05, 0.1) is 6.54 Å². The van der Waals surface area contributed by atoms with E-state index in [2.05, 4.69) is 10.2 Å². The fourth-order valence-electron chi connectivity index (χ4n) is 3.86. The lowest BCUT2D eigenvalue weighted by atomic mass is 9.92. The molecule has 4 heteroatoms. The van der Waals surface area contributed by atoms with Crippen molar-refractivity contribution < 1.29 is 4.79 Å². The van der Waals surface area contributed by atoms with Crippen molar-refractivity contribution in [2.75, 3.05) is 24.1 Å². The summed E-state index contributed by atoms with van der Waals surface area (Å²) >= 11 is 0. The van der Waals surface area contributed by atoms with E-state index in [1.807, 2.05) is 25.1 Å². The van der Waals surface area contributed by atoms with Gasteiger partial charge in [0, 0.05) is 17.4 Å². The first kappa shape index (κ1) is 14.4. The van der Waals surface area contributed by atoms with Crippen molar-refractivity contribution in [2.24, 2.45) is 5.92 Å². The number of anilines is 2. The number of benzene rings is 1. The number of nitrogens with one attached hydrogen (secondary N) is 1. The number of carbonyl (C=O) groups excluding carboxylic acids is 1. The average Bonchev–Trinajstić information content (AvgIpc) is 2.92. The molecule has 3 N–H and O–H groups in total. The quantitative estimate of drug-likeness (QED) is 0.840. The summed E-state index contributed by atoms with van der Waals surface area (Å²) in [7, 11) is 0. The van der Waals surface area contributed by atoms with Gasteiger partial charge in [-0.2, -0.15) is 0 Å².